The molecule has 3 rings (SSSR count). The van der Waals surface area contributed by atoms with Crippen LogP contribution >= 0.6 is 11.3 Å². The fourth-order valence-electron chi connectivity index (χ4n) is 3.02. The van der Waals surface area contributed by atoms with E-state index >= 15 is 0 Å². The first kappa shape index (κ1) is 18.2. The van der Waals surface area contributed by atoms with E-state index in [1.165, 1.54) is 15.6 Å². The Balaban J connectivity index is 1.57. The maximum Gasteiger partial charge on any atom is 0.244 e. The van der Waals surface area contributed by atoms with E-state index < -0.39 is 10.0 Å². The normalized spacial score (nSPS) is 16.3. The number of piperazine rings is 1. The lowest BCUT2D eigenvalue weighted by Gasteiger charge is -2.34. The highest BCUT2D eigenvalue weighted by molar-refractivity contribution is 7.89. The van der Waals surface area contributed by atoms with Crippen molar-refractivity contribution in [2.75, 3.05) is 26.2 Å². The SMILES string of the molecule is Cc1cc(S(=O)(=O)N2CCN(C(=O)CCc3ccco3)CC2)c(C)s1. The van der Waals surface area contributed by atoms with Crippen molar-refractivity contribution in [2.45, 2.75) is 31.6 Å². The summed E-state index contributed by atoms with van der Waals surface area (Å²) in [6.07, 6.45) is 2.54. The number of sulfonamides is 1. The maximum absolute atomic E-state index is 12.8. The molecular weight excluding hydrogens is 360 g/mol. The Kier molecular flexibility index (Phi) is 5.31. The molecule has 0 N–H and O–H groups in total. The van der Waals surface area contributed by atoms with Gasteiger partial charge < -0.3 is 9.32 Å². The van der Waals surface area contributed by atoms with Crippen molar-refractivity contribution in [1.29, 1.82) is 0 Å². The molecule has 3 heterocycles. The smallest absolute Gasteiger partial charge is 0.244 e. The van der Waals surface area contributed by atoms with Gasteiger partial charge in [0.15, 0.2) is 0 Å². The van der Waals surface area contributed by atoms with E-state index in [4.69, 9.17) is 4.42 Å². The number of aryl methyl sites for hydroxylation is 3. The molecule has 0 unspecified atom stereocenters. The Morgan fingerprint density at radius 2 is 1.96 bits per heavy atom. The van der Waals surface area contributed by atoms with Crippen molar-refractivity contribution in [3.8, 4) is 0 Å². The second-order valence-electron chi connectivity index (χ2n) is 6.14. The number of furan rings is 1. The third kappa shape index (κ3) is 3.96. The Bertz CT molecular complexity index is 832. The van der Waals surface area contributed by atoms with Crippen LogP contribution in [-0.2, 0) is 21.2 Å². The molecule has 0 spiro atoms. The monoisotopic (exact) mass is 382 g/mol. The summed E-state index contributed by atoms with van der Waals surface area (Å²) in [4.78, 5) is 16.2. The zero-order valence-corrected chi connectivity index (χ0v) is 16.0. The van der Waals surface area contributed by atoms with E-state index in [0.29, 0.717) is 43.9 Å². The van der Waals surface area contributed by atoms with E-state index in [-0.39, 0.29) is 5.91 Å². The van der Waals surface area contributed by atoms with Gasteiger partial charge in [-0.2, -0.15) is 4.31 Å². The van der Waals surface area contributed by atoms with Gasteiger partial charge in [0, 0.05) is 48.8 Å². The summed E-state index contributed by atoms with van der Waals surface area (Å²) in [7, 11) is -3.48. The Morgan fingerprint density at radius 3 is 2.52 bits per heavy atom. The van der Waals surface area contributed by atoms with Crippen molar-refractivity contribution in [2.24, 2.45) is 0 Å². The summed E-state index contributed by atoms with van der Waals surface area (Å²) in [6.45, 7) is 5.27. The number of hydrogen-bond donors (Lipinski definition) is 0. The number of thiophene rings is 1. The predicted molar refractivity (Wildman–Crippen MR) is 96.2 cm³/mol. The Morgan fingerprint density at radius 1 is 1.24 bits per heavy atom. The summed E-state index contributed by atoms with van der Waals surface area (Å²) in [5, 5.41) is 0. The zero-order chi connectivity index (χ0) is 18.0. The van der Waals surface area contributed by atoms with Crippen molar-refractivity contribution in [3.05, 3.63) is 40.0 Å². The quantitative estimate of drug-likeness (QED) is 0.796. The average molecular weight is 383 g/mol. The summed E-state index contributed by atoms with van der Waals surface area (Å²) in [6, 6.07) is 5.39. The largest absolute Gasteiger partial charge is 0.469 e. The van der Waals surface area contributed by atoms with Crippen molar-refractivity contribution in [3.63, 3.8) is 0 Å². The molecule has 0 saturated carbocycles. The molecule has 0 bridgehead atoms. The molecule has 6 nitrogen and oxygen atoms in total. The molecule has 136 valence electrons. The van der Waals surface area contributed by atoms with Gasteiger partial charge in [-0.05, 0) is 32.0 Å². The van der Waals surface area contributed by atoms with Crippen LogP contribution < -0.4 is 0 Å². The van der Waals surface area contributed by atoms with Crippen LogP contribution in [0.15, 0.2) is 33.8 Å². The molecule has 0 radical (unpaired) electrons. The van der Waals surface area contributed by atoms with Crippen LogP contribution in [0.5, 0.6) is 0 Å². The molecule has 1 aliphatic rings. The molecule has 0 aliphatic carbocycles. The first-order valence-electron chi connectivity index (χ1n) is 8.25. The second kappa shape index (κ2) is 7.31. The third-order valence-electron chi connectivity index (χ3n) is 4.37. The molecule has 1 amide bonds. The van der Waals surface area contributed by atoms with Crippen LogP contribution in [0.1, 0.15) is 21.9 Å². The van der Waals surface area contributed by atoms with Gasteiger partial charge in [0.1, 0.15) is 5.76 Å². The second-order valence-corrected chi connectivity index (χ2v) is 9.51. The van der Waals surface area contributed by atoms with E-state index in [0.717, 1.165) is 15.5 Å². The van der Waals surface area contributed by atoms with E-state index in [2.05, 4.69) is 0 Å². The number of carbonyl (C=O) groups is 1. The zero-order valence-electron chi connectivity index (χ0n) is 14.4. The fraction of sp³-hybridized carbons (Fsp3) is 0.471. The van der Waals surface area contributed by atoms with Crippen molar-refractivity contribution < 1.29 is 17.6 Å². The lowest BCUT2D eigenvalue weighted by molar-refractivity contribution is -0.132. The van der Waals surface area contributed by atoms with Gasteiger partial charge in [0.2, 0.25) is 15.9 Å². The number of rotatable bonds is 5. The number of carbonyl (C=O) groups excluding carboxylic acids is 1. The molecule has 0 aromatic carbocycles. The van der Waals surface area contributed by atoms with Gasteiger partial charge in [0.05, 0.1) is 11.2 Å². The number of hydrogen-bond acceptors (Lipinski definition) is 5. The van der Waals surface area contributed by atoms with Gasteiger partial charge in [-0.1, -0.05) is 0 Å². The maximum atomic E-state index is 12.8. The van der Waals surface area contributed by atoms with Gasteiger partial charge >= 0.3 is 0 Å². The van der Waals surface area contributed by atoms with Crippen molar-refractivity contribution >= 4 is 27.3 Å². The average Bonchev–Trinajstić information content (AvgIpc) is 3.22. The number of amides is 1. The summed E-state index contributed by atoms with van der Waals surface area (Å²) in [5.74, 6) is 0.828. The third-order valence-corrected chi connectivity index (χ3v) is 7.49. The van der Waals surface area contributed by atoms with Gasteiger partial charge in [0.25, 0.3) is 0 Å². The lowest BCUT2D eigenvalue weighted by Crippen LogP contribution is -2.50. The van der Waals surface area contributed by atoms with Crippen LogP contribution in [0.4, 0.5) is 0 Å². The topological polar surface area (TPSA) is 70.8 Å². The molecular formula is C17H22N2O4S2. The van der Waals surface area contributed by atoms with E-state index in [9.17, 15) is 13.2 Å². The minimum Gasteiger partial charge on any atom is -0.469 e. The lowest BCUT2D eigenvalue weighted by atomic mass is 10.2. The highest BCUT2D eigenvalue weighted by atomic mass is 32.2. The van der Waals surface area contributed by atoms with E-state index in [1.807, 2.05) is 19.9 Å². The summed E-state index contributed by atoms with van der Waals surface area (Å²) >= 11 is 1.49. The molecule has 1 fully saturated rings. The molecule has 25 heavy (non-hydrogen) atoms. The molecule has 8 heteroatoms. The predicted octanol–water partition coefficient (Wildman–Crippen LogP) is 2.42. The Labute approximate surface area is 152 Å². The molecule has 1 saturated heterocycles. The van der Waals surface area contributed by atoms with Gasteiger partial charge in [-0.25, -0.2) is 8.42 Å². The van der Waals surface area contributed by atoms with Crippen LogP contribution in [0.3, 0.4) is 0 Å². The van der Waals surface area contributed by atoms with Crippen LogP contribution in [0, 0.1) is 13.8 Å². The molecule has 0 atom stereocenters. The standard InChI is InChI=1S/C17H22N2O4S2/c1-13-12-16(14(2)24-13)25(21,22)19-9-7-18(8-10-19)17(20)6-5-15-4-3-11-23-15/h3-4,11-12H,5-10H2,1-2H3. The van der Waals surface area contributed by atoms with Gasteiger partial charge in [-0.3, -0.25) is 4.79 Å². The minimum absolute atomic E-state index is 0.0380. The van der Waals surface area contributed by atoms with Crippen LogP contribution in [0.25, 0.3) is 0 Å². The first-order chi connectivity index (χ1) is 11.9. The number of nitrogens with zero attached hydrogens (tertiary/aromatic N) is 2. The van der Waals surface area contributed by atoms with Crippen molar-refractivity contribution in [1.82, 2.24) is 9.21 Å². The van der Waals surface area contributed by atoms with E-state index in [1.54, 1.807) is 23.3 Å². The molecule has 2 aromatic rings. The first-order valence-corrected chi connectivity index (χ1v) is 10.5. The highest BCUT2D eigenvalue weighted by Crippen LogP contribution is 2.28. The highest BCUT2D eigenvalue weighted by Gasteiger charge is 2.31. The molecule has 1 aliphatic heterocycles. The van der Waals surface area contributed by atoms with Crippen LogP contribution in [0.2, 0.25) is 0 Å². The molecule has 2 aromatic heterocycles. The summed E-state index contributed by atoms with van der Waals surface area (Å²) in [5.41, 5.74) is 0. The van der Waals surface area contributed by atoms with Crippen LogP contribution in [-0.4, -0.2) is 49.7 Å². The minimum atomic E-state index is -3.48. The Hall–Kier alpha value is -1.64. The van der Waals surface area contributed by atoms with Gasteiger partial charge in [-0.15, -0.1) is 11.3 Å². The fourth-order valence-corrected chi connectivity index (χ4v) is 5.97. The summed E-state index contributed by atoms with van der Waals surface area (Å²) < 4.78 is 32.3.